The zero-order chi connectivity index (χ0) is 14.8. The summed E-state index contributed by atoms with van der Waals surface area (Å²) in [4.78, 5) is 0. The van der Waals surface area contributed by atoms with E-state index in [1.54, 1.807) is 0 Å². The molecule has 1 aromatic carbocycles. The molecule has 0 bridgehead atoms. The third-order valence-electron chi connectivity index (χ3n) is 3.12. The number of para-hydroxylation sites is 1. The molecule has 1 N–H and O–H groups in total. The van der Waals surface area contributed by atoms with Gasteiger partial charge in [0.15, 0.2) is 11.5 Å². The van der Waals surface area contributed by atoms with Gasteiger partial charge in [0.25, 0.3) is 0 Å². The van der Waals surface area contributed by atoms with Crippen LogP contribution < -0.4 is 14.8 Å². The van der Waals surface area contributed by atoms with Gasteiger partial charge < -0.3 is 14.8 Å². The zero-order valence-electron chi connectivity index (χ0n) is 13.4. The van der Waals surface area contributed by atoms with E-state index >= 15 is 0 Å². The van der Waals surface area contributed by atoms with Gasteiger partial charge in [0.2, 0.25) is 0 Å². The van der Waals surface area contributed by atoms with Crippen molar-refractivity contribution in [2.45, 2.75) is 59.6 Å². The molecule has 3 nitrogen and oxygen atoms in total. The number of ether oxygens (including phenoxy) is 2. The van der Waals surface area contributed by atoms with Gasteiger partial charge in [0, 0.05) is 12.1 Å². The van der Waals surface area contributed by atoms with Crippen LogP contribution in [0.2, 0.25) is 0 Å². The summed E-state index contributed by atoms with van der Waals surface area (Å²) >= 11 is 0. The molecule has 0 spiro atoms. The first-order valence-corrected chi connectivity index (χ1v) is 7.84. The van der Waals surface area contributed by atoms with E-state index in [4.69, 9.17) is 9.47 Å². The van der Waals surface area contributed by atoms with Crippen LogP contribution in [0, 0.1) is 0 Å². The van der Waals surface area contributed by atoms with Crippen molar-refractivity contribution in [2.24, 2.45) is 0 Å². The zero-order valence-corrected chi connectivity index (χ0v) is 13.4. The molecule has 0 saturated heterocycles. The summed E-state index contributed by atoms with van der Waals surface area (Å²) in [5.41, 5.74) is 1.17. The average Bonchev–Trinajstić information content (AvgIpc) is 2.43. The van der Waals surface area contributed by atoms with Crippen molar-refractivity contribution in [3.63, 3.8) is 0 Å². The van der Waals surface area contributed by atoms with E-state index in [1.807, 2.05) is 19.1 Å². The Morgan fingerprint density at radius 2 is 1.95 bits per heavy atom. The van der Waals surface area contributed by atoms with Crippen LogP contribution in [0.15, 0.2) is 18.2 Å². The lowest BCUT2D eigenvalue weighted by Crippen LogP contribution is -2.17. The molecule has 0 fully saturated rings. The second-order valence-corrected chi connectivity index (χ2v) is 5.07. The molecule has 1 rings (SSSR count). The highest BCUT2D eigenvalue weighted by atomic mass is 16.5. The van der Waals surface area contributed by atoms with Crippen molar-refractivity contribution in [2.75, 3.05) is 13.2 Å². The van der Waals surface area contributed by atoms with Gasteiger partial charge in [-0.05, 0) is 39.3 Å². The molecular weight excluding hydrogens is 250 g/mol. The minimum absolute atomic E-state index is 0.214. The highest BCUT2D eigenvalue weighted by molar-refractivity contribution is 5.46. The molecule has 0 aromatic heterocycles. The summed E-state index contributed by atoms with van der Waals surface area (Å²) in [7, 11) is 0. The number of rotatable bonds is 10. The first kappa shape index (κ1) is 16.8. The lowest BCUT2D eigenvalue weighted by molar-refractivity contribution is 0.194. The van der Waals surface area contributed by atoms with E-state index in [0.717, 1.165) is 43.9 Å². The Hall–Kier alpha value is -1.22. The summed E-state index contributed by atoms with van der Waals surface area (Å²) in [6.45, 7) is 11.0. The largest absolute Gasteiger partial charge is 0.490 e. The van der Waals surface area contributed by atoms with Crippen LogP contribution >= 0.6 is 0 Å². The molecule has 0 amide bonds. The number of hydrogen-bond donors (Lipinski definition) is 1. The molecule has 1 unspecified atom stereocenters. The van der Waals surface area contributed by atoms with Crippen LogP contribution in [0.1, 0.15) is 52.5 Å². The third kappa shape index (κ3) is 5.41. The summed E-state index contributed by atoms with van der Waals surface area (Å²) in [5, 5.41) is 3.43. The van der Waals surface area contributed by atoms with Crippen LogP contribution in [0.25, 0.3) is 0 Å². The van der Waals surface area contributed by atoms with Gasteiger partial charge in [-0.2, -0.15) is 0 Å². The predicted octanol–water partition coefficient (Wildman–Crippen LogP) is 4.15. The molecule has 0 radical (unpaired) electrons. The van der Waals surface area contributed by atoms with Gasteiger partial charge in [0.1, 0.15) is 0 Å². The van der Waals surface area contributed by atoms with Crippen LogP contribution in [0.3, 0.4) is 0 Å². The first-order chi connectivity index (χ1) is 9.72. The fraction of sp³-hybridized carbons (Fsp3) is 0.647. The van der Waals surface area contributed by atoms with Crippen LogP contribution in [-0.4, -0.2) is 19.3 Å². The topological polar surface area (TPSA) is 30.5 Å². The first-order valence-electron chi connectivity index (χ1n) is 7.84. The molecule has 0 aliphatic rings. The van der Waals surface area contributed by atoms with Gasteiger partial charge in [-0.25, -0.2) is 0 Å². The van der Waals surface area contributed by atoms with Crippen molar-refractivity contribution in [1.29, 1.82) is 0 Å². The van der Waals surface area contributed by atoms with E-state index < -0.39 is 0 Å². The Balaban J connectivity index is 2.87. The highest BCUT2D eigenvalue weighted by Gasteiger charge is 2.13. The van der Waals surface area contributed by atoms with E-state index in [0.29, 0.717) is 6.61 Å². The lowest BCUT2D eigenvalue weighted by Gasteiger charge is -2.20. The molecule has 1 aromatic rings. The Morgan fingerprint density at radius 1 is 1.15 bits per heavy atom. The summed E-state index contributed by atoms with van der Waals surface area (Å²) in [5.74, 6) is 1.75. The molecule has 0 saturated carbocycles. The fourth-order valence-corrected chi connectivity index (χ4v) is 2.17. The predicted molar refractivity (Wildman–Crippen MR) is 84.6 cm³/mol. The Kier molecular flexibility index (Phi) is 8.12. The SMILES string of the molecule is CCCNCc1cccc(OCC)c1OC(C)CCC. The molecular formula is C17H29NO2. The quantitative estimate of drug-likeness (QED) is 0.653. The Bertz CT molecular complexity index is 379. The standard InChI is InChI=1S/C17H29NO2/c1-5-9-14(4)20-17-15(13-18-12-6-2)10-8-11-16(17)19-7-3/h8,10-11,14,18H,5-7,9,12-13H2,1-4H3. The normalized spacial score (nSPS) is 12.2. The molecule has 0 aliphatic carbocycles. The van der Waals surface area contributed by atoms with Gasteiger partial charge in [-0.3, -0.25) is 0 Å². The summed E-state index contributed by atoms with van der Waals surface area (Å²) in [6.07, 6.45) is 3.53. The maximum Gasteiger partial charge on any atom is 0.166 e. The summed E-state index contributed by atoms with van der Waals surface area (Å²) in [6, 6.07) is 6.13. The summed E-state index contributed by atoms with van der Waals surface area (Å²) < 4.78 is 11.8. The van der Waals surface area contributed by atoms with E-state index in [9.17, 15) is 0 Å². The monoisotopic (exact) mass is 279 g/mol. The van der Waals surface area contributed by atoms with Gasteiger partial charge in [0.05, 0.1) is 12.7 Å². The van der Waals surface area contributed by atoms with Crippen LogP contribution in [0.5, 0.6) is 11.5 Å². The second-order valence-electron chi connectivity index (χ2n) is 5.07. The van der Waals surface area contributed by atoms with Crippen LogP contribution in [0.4, 0.5) is 0 Å². The van der Waals surface area contributed by atoms with Crippen molar-refractivity contribution >= 4 is 0 Å². The van der Waals surface area contributed by atoms with Crippen molar-refractivity contribution in [3.05, 3.63) is 23.8 Å². The van der Waals surface area contributed by atoms with Gasteiger partial charge in [-0.15, -0.1) is 0 Å². The lowest BCUT2D eigenvalue weighted by atomic mass is 10.1. The van der Waals surface area contributed by atoms with E-state index in [2.05, 4.69) is 32.2 Å². The van der Waals surface area contributed by atoms with E-state index in [-0.39, 0.29) is 6.10 Å². The minimum atomic E-state index is 0.214. The number of hydrogen-bond acceptors (Lipinski definition) is 3. The molecule has 20 heavy (non-hydrogen) atoms. The number of benzene rings is 1. The Labute approximate surface area is 123 Å². The molecule has 114 valence electrons. The van der Waals surface area contributed by atoms with Crippen molar-refractivity contribution in [3.8, 4) is 11.5 Å². The molecule has 3 heteroatoms. The smallest absolute Gasteiger partial charge is 0.166 e. The average molecular weight is 279 g/mol. The molecule has 0 heterocycles. The van der Waals surface area contributed by atoms with Gasteiger partial charge >= 0.3 is 0 Å². The maximum atomic E-state index is 6.14. The van der Waals surface area contributed by atoms with E-state index in [1.165, 1.54) is 5.56 Å². The van der Waals surface area contributed by atoms with Crippen LogP contribution in [-0.2, 0) is 6.54 Å². The maximum absolute atomic E-state index is 6.14. The highest BCUT2D eigenvalue weighted by Crippen LogP contribution is 2.32. The van der Waals surface area contributed by atoms with Crippen molar-refractivity contribution < 1.29 is 9.47 Å². The third-order valence-corrected chi connectivity index (χ3v) is 3.12. The van der Waals surface area contributed by atoms with Gasteiger partial charge in [-0.1, -0.05) is 32.4 Å². The fourth-order valence-electron chi connectivity index (χ4n) is 2.17. The van der Waals surface area contributed by atoms with Crippen molar-refractivity contribution in [1.82, 2.24) is 5.32 Å². The molecule has 1 atom stereocenters. The second kappa shape index (κ2) is 9.65. The Morgan fingerprint density at radius 3 is 2.60 bits per heavy atom. The minimum Gasteiger partial charge on any atom is -0.490 e. The number of nitrogens with one attached hydrogen (secondary N) is 1. The molecule has 0 aliphatic heterocycles.